The van der Waals surface area contributed by atoms with Crippen LogP contribution in [0.2, 0.25) is 0 Å². The molecule has 2 heterocycles. The van der Waals surface area contributed by atoms with E-state index in [2.05, 4.69) is 68.0 Å². The number of carbonyl (C=O) groups excluding carboxylic acids is 1. The molecule has 1 atom stereocenters. The first-order valence-electron chi connectivity index (χ1n) is 12.7. The van der Waals surface area contributed by atoms with Crippen molar-refractivity contribution in [3.8, 4) is 0 Å². The number of aromatic nitrogens is 1. The fourth-order valence-corrected chi connectivity index (χ4v) is 4.80. The molecule has 0 spiro atoms. The first-order chi connectivity index (χ1) is 15.9. The van der Waals surface area contributed by atoms with Gasteiger partial charge >= 0.3 is 6.03 Å². The monoisotopic (exact) mass is 450 g/mol. The number of para-hydroxylation sites is 1. The predicted molar refractivity (Wildman–Crippen MR) is 138 cm³/mol. The second-order valence-electron chi connectivity index (χ2n) is 10.1. The van der Waals surface area contributed by atoms with Gasteiger partial charge in [0.2, 0.25) is 0 Å². The topological polar surface area (TPSA) is 48.5 Å². The highest BCUT2D eigenvalue weighted by Gasteiger charge is 2.21. The summed E-state index contributed by atoms with van der Waals surface area (Å²) in [6, 6.07) is 11.0. The lowest BCUT2D eigenvalue weighted by Crippen LogP contribution is -2.41. The van der Waals surface area contributed by atoms with E-state index < -0.39 is 0 Å². The second-order valence-corrected chi connectivity index (χ2v) is 10.1. The number of carbonyl (C=O) groups is 1. The highest BCUT2D eigenvalue weighted by molar-refractivity contribution is 5.91. The molecule has 1 aliphatic rings. The van der Waals surface area contributed by atoms with Crippen LogP contribution in [0.1, 0.15) is 88.8 Å². The Morgan fingerprint density at radius 3 is 2.36 bits per heavy atom. The van der Waals surface area contributed by atoms with Crippen LogP contribution in [0.25, 0.3) is 0 Å². The molecule has 1 N–H and O–H groups in total. The first-order valence-corrected chi connectivity index (χ1v) is 12.7. The maximum absolute atomic E-state index is 13.6. The number of hydrogen-bond acceptors (Lipinski definition) is 3. The minimum atomic E-state index is -0.0199. The van der Waals surface area contributed by atoms with E-state index in [9.17, 15) is 4.79 Å². The largest absolute Gasteiger partial charge is 0.322 e. The molecule has 33 heavy (non-hydrogen) atoms. The van der Waals surface area contributed by atoms with E-state index in [0.29, 0.717) is 24.4 Å². The standard InChI is InChI=1S/C28H42N4O/c1-21(2)25-11-8-12-26(22(3)4)27(25)30-28(33)32(20-24-13-15-29-16-14-24)19-9-18-31-17-7-6-10-23(31)5/h8,11-16,21-23H,6-7,9-10,17-20H2,1-5H3,(H,30,33). The van der Waals surface area contributed by atoms with Gasteiger partial charge in [0.1, 0.15) is 0 Å². The van der Waals surface area contributed by atoms with E-state index in [4.69, 9.17) is 0 Å². The third kappa shape index (κ3) is 7.04. The van der Waals surface area contributed by atoms with Crippen LogP contribution in [0.4, 0.5) is 10.5 Å². The molecule has 1 fully saturated rings. The smallest absolute Gasteiger partial charge is 0.320 e. The average Bonchev–Trinajstić information content (AvgIpc) is 2.80. The molecule has 1 aliphatic heterocycles. The van der Waals surface area contributed by atoms with E-state index in [-0.39, 0.29) is 6.03 Å². The van der Waals surface area contributed by atoms with Gasteiger partial charge < -0.3 is 15.1 Å². The van der Waals surface area contributed by atoms with Gasteiger partial charge in [-0.05, 0) is 73.4 Å². The molecule has 5 heteroatoms. The van der Waals surface area contributed by atoms with Gasteiger partial charge in [0.05, 0.1) is 0 Å². The summed E-state index contributed by atoms with van der Waals surface area (Å²) in [4.78, 5) is 22.3. The molecule has 0 radical (unpaired) electrons. The van der Waals surface area contributed by atoms with Gasteiger partial charge in [0, 0.05) is 43.8 Å². The number of urea groups is 1. The lowest BCUT2D eigenvalue weighted by molar-refractivity contribution is 0.150. The van der Waals surface area contributed by atoms with Crippen molar-refractivity contribution in [1.29, 1.82) is 0 Å². The molecule has 3 rings (SSSR count). The number of rotatable bonds is 9. The minimum absolute atomic E-state index is 0.0199. The highest BCUT2D eigenvalue weighted by Crippen LogP contribution is 2.32. The van der Waals surface area contributed by atoms with Gasteiger partial charge in [-0.1, -0.05) is 52.3 Å². The highest BCUT2D eigenvalue weighted by atomic mass is 16.2. The molecule has 1 aromatic carbocycles. The Bertz CT molecular complexity index is 854. The van der Waals surface area contributed by atoms with Crippen molar-refractivity contribution in [1.82, 2.24) is 14.8 Å². The van der Waals surface area contributed by atoms with Crippen LogP contribution >= 0.6 is 0 Å². The molecule has 2 amide bonds. The van der Waals surface area contributed by atoms with Crippen LogP contribution in [-0.2, 0) is 6.54 Å². The molecule has 0 saturated carbocycles. The Kier molecular flexibility index (Phi) is 9.30. The van der Waals surface area contributed by atoms with Crippen LogP contribution in [-0.4, -0.2) is 46.5 Å². The number of anilines is 1. The Morgan fingerprint density at radius 2 is 1.76 bits per heavy atom. The summed E-state index contributed by atoms with van der Waals surface area (Å²) in [5, 5.41) is 3.32. The maximum Gasteiger partial charge on any atom is 0.322 e. The average molecular weight is 451 g/mol. The Balaban J connectivity index is 1.76. The van der Waals surface area contributed by atoms with Gasteiger partial charge in [0.15, 0.2) is 0 Å². The molecule has 5 nitrogen and oxygen atoms in total. The van der Waals surface area contributed by atoms with Crippen LogP contribution in [0.5, 0.6) is 0 Å². The maximum atomic E-state index is 13.6. The Morgan fingerprint density at radius 1 is 1.09 bits per heavy atom. The van der Waals surface area contributed by atoms with E-state index in [1.54, 1.807) is 12.4 Å². The van der Waals surface area contributed by atoms with Crippen molar-refractivity contribution < 1.29 is 4.79 Å². The van der Waals surface area contributed by atoms with Gasteiger partial charge in [-0.25, -0.2) is 4.79 Å². The van der Waals surface area contributed by atoms with Crippen molar-refractivity contribution in [3.05, 3.63) is 59.4 Å². The number of nitrogens with zero attached hydrogens (tertiary/aromatic N) is 3. The van der Waals surface area contributed by atoms with Crippen molar-refractivity contribution in [2.24, 2.45) is 0 Å². The number of benzene rings is 1. The zero-order valence-corrected chi connectivity index (χ0v) is 21.2. The summed E-state index contributed by atoms with van der Waals surface area (Å²) in [6.07, 6.45) is 8.48. The van der Waals surface area contributed by atoms with E-state index >= 15 is 0 Å². The summed E-state index contributed by atoms with van der Waals surface area (Å²) in [6.45, 7) is 14.6. The zero-order chi connectivity index (χ0) is 23.8. The van der Waals surface area contributed by atoms with Crippen molar-refractivity contribution in [2.45, 2.75) is 84.7 Å². The fraction of sp³-hybridized carbons (Fsp3) is 0.571. The van der Waals surface area contributed by atoms with Gasteiger partial charge in [-0.15, -0.1) is 0 Å². The van der Waals surface area contributed by atoms with E-state index in [0.717, 1.165) is 30.8 Å². The van der Waals surface area contributed by atoms with Gasteiger partial charge in [-0.2, -0.15) is 0 Å². The quantitative estimate of drug-likeness (QED) is 0.466. The summed E-state index contributed by atoms with van der Waals surface area (Å²) >= 11 is 0. The van der Waals surface area contributed by atoms with Crippen LogP contribution in [0, 0.1) is 0 Å². The van der Waals surface area contributed by atoms with Gasteiger partial charge in [0.25, 0.3) is 0 Å². The Hall–Kier alpha value is -2.40. The molecule has 0 bridgehead atoms. The zero-order valence-electron chi connectivity index (χ0n) is 21.2. The van der Waals surface area contributed by atoms with E-state index in [1.165, 1.54) is 36.9 Å². The number of piperidine rings is 1. The molecule has 1 saturated heterocycles. The van der Waals surface area contributed by atoms with E-state index in [1.807, 2.05) is 17.0 Å². The van der Waals surface area contributed by atoms with Crippen LogP contribution < -0.4 is 5.32 Å². The second kappa shape index (κ2) is 12.2. The molecular weight excluding hydrogens is 408 g/mol. The first kappa shape index (κ1) is 25.2. The number of likely N-dealkylation sites (tertiary alicyclic amines) is 1. The Labute approximate surface area is 200 Å². The summed E-state index contributed by atoms with van der Waals surface area (Å²) in [7, 11) is 0. The fourth-order valence-electron chi connectivity index (χ4n) is 4.80. The normalized spacial score (nSPS) is 16.9. The number of amides is 2. The third-order valence-corrected chi connectivity index (χ3v) is 6.83. The summed E-state index contributed by atoms with van der Waals surface area (Å²) in [5.41, 5.74) is 4.48. The lowest BCUT2D eigenvalue weighted by atomic mass is 9.93. The molecule has 1 aromatic heterocycles. The van der Waals surface area contributed by atoms with Crippen molar-refractivity contribution in [3.63, 3.8) is 0 Å². The van der Waals surface area contributed by atoms with Crippen LogP contribution in [0.15, 0.2) is 42.7 Å². The predicted octanol–water partition coefficient (Wildman–Crippen LogP) is 6.63. The molecular formula is C28H42N4O. The number of pyridine rings is 1. The van der Waals surface area contributed by atoms with Crippen molar-refractivity contribution >= 4 is 11.7 Å². The van der Waals surface area contributed by atoms with Crippen LogP contribution in [0.3, 0.4) is 0 Å². The molecule has 0 aliphatic carbocycles. The molecule has 180 valence electrons. The summed E-state index contributed by atoms with van der Waals surface area (Å²) < 4.78 is 0. The molecule has 1 unspecified atom stereocenters. The minimum Gasteiger partial charge on any atom is -0.320 e. The van der Waals surface area contributed by atoms with Crippen molar-refractivity contribution in [2.75, 3.05) is 25.0 Å². The SMILES string of the molecule is CC(C)c1cccc(C(C)C)c1NC(=O)N(CCCN1CCCCC1C)Cc1ccncc1. The third-order valence-electron chi connectivity index (χ3n) is 6.83. The van der Waals surface area contributed by atoms with Gasteiger partial charge in [-0.3, -0.25) is 4.98 Å². The number of nitrogens with one attached hydrogen (secondary N) is 1. The number of hydrogen-bond donors (Lipinski definition) is 1. The lowest BCUT2D eigenvalue weighted by Gasteiger charge is -2.34. The molecule has 2 aromatic rings. The summed E-state index contributed by atoms with van der Waals surface area (Å²) in [5.74, 6) is 0.682.